The standard InChI is InChI=1S/C22H26N4O2S/c1-17-10-13-29-20(17)16-26-22(23-2)25-15-18-8-9-21(24-14-18)28-12-11-27-19-6-4-3-5-7-19/h3-10,13-14H,11-12,15-16H2,1-2H3,(H2,23,25,26). The molecule has 0 unspecified atom stereocenters. The molecule has 7 heteroatoms. The van der Waals surface area contributed by atoms with E-state index in [-0.39, 0.29) is 0 Å². The van der Waals surface area contributed by atoms with Crippen LogP contribution in [0.3, 0.4) is 0 Å². The van der Waals surface area contributed by atoms with Gasteiger partial charge in [-0.25, -0.2) is 4.98 Å². The molecule has 0 saturated carbocycles. The van der Waals surface area contributed by atoms with Gasteiger partial charge in [0, 0.05) is 30.7 Å². The number of aliphatic imine (C=N–C) groups is 1. The Morgan fingerprint density at radius 1 is 1.00 bits per heavy atom. The van der Waals surface area contributed by atoms with Crippen molar-refractivity contribution in [2.24, 2.45) is 4.99 Å². The minimum Gasteiger partial charge on any atom is -0.490 e. The first-order valence-electron chi connectivity index (χ1n) is 9.47. The molecule has 3 aromatic rings. The Morgan fingerprint density at radius 3 is 2.48 bits per heavy atom. The number of rotatable bonds is 9. The van der Waals surface area contributed by atoms with E-state index in [1.807, 2.05) is 42.5 Å². The number of hydrogen-bond donors (Lipinski definition) is 2. The van der Waals surface area contributed by atoms with Crippen LogP contribution in [-0.4, -0.2) is 31.2 Å². The fourth-order valence-electron chi connectivity index (χ4n) is 2.58. The zero-order chi connectivity index (χ0) is 20.3. The second-order valence-electron chi connectivity index (χ2n) is 6.32. The molecule has 2 heterocycles. The quantitative estimate of drug-likeness (QED) is 0.319. The maximum atomic E-state index is 5.63. The molecule has 0 aliphatic carbocycles. The molecular formula is C22H26N4O2S. The molecule has 6 nitrogen and oxygen atoms in total. The summed E-state index contributed by atoms with van der Waals surface area (Å²) in [7, 11) is 1.77. The molecule has 2 aromatic heterocycles. The van der Waals surface area contributed by atoms with Crippen LogP contribution in [0.2, 0.25) is 0 Å². The first kappa shape index (κ1) is 20.7. The van der Waals surface area contributed by atoms with E-state index in [9.17, 15) is 0 Å². The molecular weight excluding hydrogens is 384 g/mol. The van der Waals surface area contributed by atoms with Crippen LogP contribution in [0.1, 0.15) is 16.0 Å². The monoisotopic (exact) mass is 410 g/mol. The first-order chi connectivity index (χ1) is 14.2. The molecule has 0 amide bonds. The van der Waals surface area contributed by atoms with Gasteiger partial charge in [0.05, 0.1) is 6.54 Å². The summed E-state index contributed by atoms with van der Waals surface area (Å²) < 4.78 is 11.2. The molecule has 0 atom stereocenters. The van der Waals surface area contributed by atoms with E-state index in [1.54, 1.807) is 24.6 Å². The maximum Gasteiger partial charge on any atom is 0.213 e. The maximum absolute atomic E-state index is 5.63. The molecule has 0 fully saturated rings. The normalized spacial score (nSPS) is 11.2. The van der Waals surface area contributed by atoms with Crippen molar-refractivity contribution >= 4 is 17.3 Å². The van der Waals surface area contributed by atoms with Gasteiger partial charge in [0.25, 0.3) is 0 Å². The lowest BCUT2D eigenvalue weighted by Crippen LogP contribution is -2.36. The molecule has 0 aliphatic heterocycles. The molecule has 0 aliphatic rings. The van der Waals surface area contributed by atoms with E-state index < -0.39 is 0 Å². The summed E-state index contributed by atoms with van der Waals surface area (Å²) in [5.74, 6) is 2.18. The summed E-state index contributed by atoms with van der Waals surface area (Å²) in [5, 5.41) is 8.74. The van der Waals surface area contributed by atoms with Crippen molar-refractivity contribution in [1.29, 1.82) is 0 Å². The van der Waals surface area contributed by atoms with E-state index in [2.05, 4.69) is 39.0 Å². The number of ether oxygens (including phenoxy) is 2. The van der Waals surface area contributed by atoms with Crippen LogP contribution >= 0.6 is 11.3 Å². The lowest BCUT2D eigenvalue weighted by atomic mass is 10.3. The Kier molecular flexibility index (Phi) is 7.89. The highest BCUT2D eigenvalue weighted by Crippen LogP contribution is 2.14. The Morgan fingerprint density at radius 2 is 1.79 bits per heavy atom. The zero-order valence-corrected chi connectivity index (χ0v) is 17.5. The predicted molar refractivity (Wildman–Crippen MR) is 118 cm³/mol. The van der Waals surface area contributed by atoms with Gasteiger partial charge >= 0.3 is 0 Å². The van der Waals surface area contributed by atoms with Gasteiger partial charge in [0.2, 0.25) is 5.88 Å². The average molecular weight is 411 g/mol. The van der Waals surface area contributed by atoms with Crippen LogP contribution in [0, 0.1) is 6.92 Å². The van der Waals surface area contributed by atoms with Crippen LogP contribution in [0.25, 0.3) is 0 Å². The van der Waals surface area contributed by atoms with Gasteiger partial charge in [-0.05, 0) is 41.6 Å². The van der Waals surface area contributed by atoms with E-state index in [1.165, 1.54) is 10.4 Å². The number of para-hydroxylation sites is 1. The molecule has 152 valence electrons. The van der Waals surface area contributed by atoms with Gasteiger partial charge in [-0.15, -0.1) is 11.3 Å². The third-order valence-electron chi connectivity index (χ3n) is 4.21. The number of pyridine rings is 1. The summed E-state index contributed by atoms with van der Waals surface area (Å²) >= 11 is 1.75. The van der Waals surface area contributed by atoms with E-state index >= 15 is 0 Å². The Balaban J connectivity index is 1.37. The number of benzene rings is 1. The van der Waals surface area contributed by atoms with Crippen molar-refractivity contribution in [3.63, 3.8) is 0 Å². The smallest absolute Gasteiger partial charge is 0.213 e. The topological polar surface area (TPSA) is 67.8 Å². The zero-order valence-electron chi connectivity index (χ0n) is 16.7. The van der Waals surface area contributed by atoms with Gasteiger partial charge in [-0.2, -0.15) is 0 Å². The molecule has 0 bridgehead atoms. The summed E-state index contributed by atoms with van der Waals surface area (Å²) in [6.45, 7) is 4.43. The van der Waals surface area contributed by atoms with Crippen LogP contribution in [-0.2, 0) is 13.1 Å². The highest BCUT2D eigenvalue weighted by Gasteiger charge is 2.03. The van der Waals surface area contributed by atoms with Gasteiger partial charge in [0.1, 0.15) is 19.0 Å². The van der Waals surface area contributed by atoms with Crippen molar-refractivity contribution in [2.45, 2.75) is 20.0 Å². The Labute approximate surface area is 175 Å². The molecule has 0 saturated heterocycles. The van der Waals surface area contributed by atoms with Gasteiger partial charge < -0.3 is 20.1 Å². The van der Waals surface area contributed by atoms with E-state index in [0.717, 1.165) is 23.8 Å². The predicted octanol–water partition coefficient (Wildman–Crippen LogP) is 3.77. The Hall–Kier alpha value is -3.06. The van der Waals surface area contributed by atoms with Gasteiger partial charge in [-0.1, -0.05) is 24.3 Å². The summed E-state index contributed by atoms with van der Waals surface area (Å²) in [4.78, 5) is 9.93. The third kappa shape index (κ3) is 6.80. The minimum atomic E-state index is 0.443. The summed E-state index contributed by atoms with van der Waals surface area (Å²) in [5.41, 5.74) is 2.35. The van der Waals surface area contributed by atoms with Crippen molar-refractivity contribution in [3.8, 4) is 11.6 Å². The van der Waals surface area contributed by atoms with Crippen molar-refractivity contribution in [1.82, 2.24) is 15.6 Å². The van der Waals surface area contributed by atoms with Gasteiger partial charge in [-0.3, -0.25) is 4.99 Å². The lowest BCUT2D eigenvalue weighted by molar-refractivity contribution is 0.212. The molecule has 0 spiro atoms. The number of guanidine groups is 1. The van der Waals surface area contributed by atoms with Crippen molar-refractivity contribution in [2.75, 3.05) is 20.3 Å². The number of nitrogens with one attached hydrogen (secondary N) is 2. The number of thiophene rings is 1. The van der Waals surface area contributed by atoms with Crippen LogP contribution in [0.4, 0.5) is 0 Å². The molecule has 0 radical (unpaired) electrons. The third-order valence-corrected chi connectivity index (χ3v) is 5.23. The van der Waals surface area contributed by atoms with E-state index in [0.29, 0.717) is 25.6 Å². The lowest BCUT2D eigenvalue weighted by Gasteiger charge is -2.12. The highest BCUT2D eigenvalue weighted by molar-refractivity contribution is 7.10. The SMILES string of the molecule is CN=C(NCc1ccc(OCCOc2ccccc2)nc1)NCc1sccc1C. The van der Waals surface area contributed by atoms with Crippen LogP contribution in [0.15, 0.2) is 65.1 Å². The highest BCUT2D eigenvalue weighted by atomic mass is 32.1. The van der Waals surface area contributed by atoms with Gasteiger partial charge in [0.15, 0.2) is 5.96 Å². The largest absolute Gasteiger partial charge is 0.490 e. The Bertz CT molecular complexity index is 895. The number of aryl methyl sites for hydroxylation is 1. The molecule has 2 N–H and O–H groups in total. The first-order valence-corrected chi connectivity index (χ1v) is 10.4. The average Bonchev–Trinajstić information content (AvgIpc) is 3.18. The fourth-order valence-corrected chi connectivity index (χ4v) is 3.42. The second kappa shape index (κ2) is 11.1. The minimum absolute atomic E-state index is 0.443. The molecule has 1 aromatic carbocycles. The fraction of sp³-hybridized carbons (Fsp3) is 0.273. The van der Waals surface area contributed by atoms with Crippen LogP contribution in [0.5, 0.6) is 11.6 Å². The van der Waals surface area contributed by atoms with E-state index in [4.69, 9.17) is 9.47 Å². The number of hydrogen-bond acceptors (Lipinski definition) is 5. The number of nitrogens with zero attached hydrogens (tertiary/aromatic N) is 2. The number of aromatic nitrogens is 1. The van der Waals surface area contributed by atoms with Crippen LogP contribution < -0.4 is 20.1 Å². The summed E-state index contributed by atoms with van der Waals surface area (Å²) in [6.07, 6.45) is 1.80. The molecule has 3 rings (SSSR count). The molecule has 29 heavy (non-hydrogen) atoms. The second-order valence-corrected chi connectivity index (χ2v) is 7.32. The summed E-state index contributed by atoms with van der Waals surface area (Å²) in [6, 6.07) is 15.7. The van der Waals surface area contributed by atoms with Crippen molar-refractivity contribution < 1.29 is 9.47 Å². The van der Waals surface area contributed by atoms with Crippen molar-refractivity contribution in [3.05, 3.63) is 76.1 Å².